The van der Waals surface area contributed by atoms with E-state index in [-0.39, 0.29) is 0 Å². The fraction of sp³-hybridized carbons (Fsp3) is 0. The Hall–Kier alpha value is -3.22. The van der Waals surface area contributed by atoms with Gasteiger partial charge >= 0.3 is 7.55 Å². The van der Waals surface area contributed by atoms with Gasteiger partial charge < -0.3 is 0 Å². The molecule has 4 rings (SSSR count). The molecule has 0 N–H and O–H groups in total. The Bertz CT molecular complexity index is 825. The fourth-order valence-corrected chi connectivity index (χ4v) is 2.23. The smallest absolute Gasteiger partial charge is 0.292 e. The summed E-state index contributed by atoms with van der Waals surface area (Å²) in [4.78, 5) is 8.59. The molecule has 0 amide bonds. The minimum absolute atomic E-state index is 0.818. The monoisotopic (exact) mass is 299 g/mol. The second-order valence-corrected chi connectivity index (χ2v) is 4.91. The molecule has 0 saturated heterocycles. The largest absolute Gasteiger partial charge is 0.437 e. The van der Waals surface area contributed by atoms with Gasteiger partial charge in [0, 0.05) is 24.8 Å². The third-order valence-electron chi connectivity index (χ3n) is 3.31. The minimum Gasteiger partial charge on any atom is -0.292 e. The molecule has 4 aromatic heterocycles. The first-order valence-electron chi connectivity index (χ1n) is 7.16. The maximum Gasteiger partial charge on any atom is 0.437 e. The van der Waals surface area contributed by atoms with E-state index < -0.39 is 0 Å². The fourth-order valence-electron chi connectivity index (χ4n) is 2.23. The molecule has 0 saturated carbocycles. The van der Waals surface area contributed by atoms with Gasteiger partial charge in [-0.1, -0.05) is 12.1 Å². The Morgan fingerprint density at radius 1 is 0.609 bits per heavy atom. The lowest BCUT2D eigenvalue weighted by molar-refractivity contribution is 0.886. The molecule has 4 aromatic rings. The van der Waals surface area contributed by atoms with Gasteiger partial charge in [-0.25, -0.2) is 0 Å². The summed E-state index contributed by atoms with van der Waals surface area (Å²) in [7, 11) is 1.79. The Morgan fingerprint density at radius 2 is 1.13 bits per heavy atom. The van der Waals surface area contributed by atoms with Crippen molar-refractivity contribution in [1.82, 2.24) is 29.4 Å². The lowest BCUT2D eigenvalue weighted by Crippen LogP contribution is -2.17. The standard InChI is InChI=1S/C16H12BN6/c1-3-9-18-13(5-1)15-7-11-22(20-15)17-23-12-8-16(21-23)14-6-2-4-10-19-14/h1-12H. The summed E-state index contributed by atoms with van der Waals surface area (Å²) in [6.45, 7) is 0. The third kappa shape index (κ3) is 2.89. The van der Waals surface area contributed by atoms with Gasteiger partial charge in [-0.05, 0) is 36.4 Å². The van der Waals surface area contributed by atoms with Crippen LogP contribution in [-0.2, 0) is 0 Å². The normalized spacial score (nSPS) is 10.6. The van der Waals surface area contributed by atoms with Crippen molar-refractivity contribution in [1.29, 1.82) is 0 Å². The molecule has 7 heteroatoms. The number of aromatic nitrogens is 6. The second kappa shape index (κ2) is 5.88. The van der Waals surface area contributed by atoms with E-state index in [4.69, 9.17) is 0 Å². The molecule has 4 heterocycles. The Balaban J connectivity index is 1.53. The maximum atomic E-state index is 4.48. The first-order chi connectivity index (χ1) is 11.4. The first kappa shape index (κ1) is 13.4. The van der Waals surface area contributed by atoms with Crippen LogP contribution >= 0.6 is 0 Å². The first-order valence-corrected chi connectivity index (χ1v) is 7.16. The van der Waals surface area contributed by atoms with Gasteiger partial charge in [0.2, 0.25) is 0 Å². The average Bonchev–Trinajstić information content (AvgIpc) is 3.27. The van der Waals surface area contributed by atoms with Gasteiger partial charge in [0.15, 0.2) is 0 Å². The maximum absolute atomic E-state index is 4.48. The quantitative estimate of drug-likeness (QED) is 0.542. The molecule has 0 aliphatic heterocycles. The van der Waals surface area contributed by atoms with Crippen molar-refractivity contribution >= 4 is 7.55 Å². The molecule has 0 fully saturated rings. The second-order valence-electron chi connectivity index (χ2n) is 4.91. The molecule has 0 aliphatic rings. The highest BCUT2D eigenvalue weighted by molar-refractivity contribution is 6.30. The molecule has 0 aliphatic carbocycles. The number of rotatable bonds is 4. The SMILES string of the molecule is [B](n1ccc(-c2ccccn2)n1)n1ccc(-c2ccccn2)n1. The van der Waals surface area contributed by atoms with Crippen LogP contribution in [0, 0.1) is 0 Å². The van der Waals surface area contributed by atoms with Crippen molar-refractivity contribution in [3.8, 4) is 22.8 Å². The van der Waals surface area contributed by atoms with Gasteiger partial charge in [-0.3, -0.25) is 19.2 Å². The van der Waals surface area contributed by atoms with Crippen LogP contribution in [0.25, 0.3) is 22.8 Å². The summed E-state index contributed by atoms with van der Waals surface area (Å²) in [6, 6.07) is 15.4. The highest BCUT2D eigenvalue weighted by atomic mass is 15.3. The van der Waals surface area contributed by atoms with Gasteiger partial charge in [0.05, 0.1) is 11.4 Å². The molecular formula is C16H12BN6. The summed E-state index contributed by atoms with van der Waals surface area (Å²) in [5.41, 5.74) is 3.32. The minimum atomic E-state index is 0.818. The van der Waals surface area contributed by atoms with Gasteiger partial charge in [-0.15, -0.1) is 0 Å². The molecule has 1 radical (unpaired) electrons. The van der Waals surface area contributed by atoms with E-state index in [1.807, 2.05) is 60.9 Å². The van der Waals surface area contributed by atoms with Gasteiger partial charge in [0.1, 0.15) is 11.4 Å². The van der Waals surface area contributed by atoms with Crippen LogP contribution in [0.5, 0.6) is 0 Å². The van der Waals surface area contributed by atoms with Gasteiger partial charge in [0.25, 0.3) is 0 Å². The van der Waals surface area contributed by atoms with Crippen LogP contribution < -0.4 is 0 Å². The molecule has 0 atom stereocenters. The van der Waals surface area contributed by atoms with Crippen molar-refractivity contribution in [2.75, 3.05) is 0 Å². The van der Waals surface area contributed by atoms with E-state index in [9.17, 15) is 0 Å². The summed E-state index contributed by atoms with van der Waals surface area (Å²) in [6.07, 6.45) is 7.24. The molecule has 0 spiro atoms. The highest BCUT2D eigenvalue weighted by Crippen LogP contribution is 2.14. The summed E-state index contributed by atoms with van der Waals surface area (Å²) in [5.74, 6) is 0. The third-order valence-corrected chi connectivity index (χ3v) is 3.31. The Labute approximate surface area is 133 Å². The van der Waals surface area contributed by atoms with Crippen LogP contribution in [0.4, 0.5) is 0 Å². The van der Waals surface area contributed by atoms with Crippen molar-refractivity contribution in [2.24, 2.45) is 0 Å². The molecular weight excluding hydrogens is 287 g/mol. The van der Waals surface area contributed by atoms with Crippen LogP contribution in [0.2, 0.25) is 0 Å². The van der Waals surface area contributed by atoms with Crippen molar-refractivity contribution in [2.45, 2.75) is 0 Å². The van der Waals surface area contributed by atoms with E-state index in [2.05, 4.69) is 20.2 Å². The highest BCUT2D eigenvalue weighted by Gasteiger charge is 2.08. The molecule has 0 aromatic carbocycles. The van der Waals surface area contributed by atoms with E-state index in [0.717, 1.165) is 22.8 Å². The average molecular weight is 299 g/mol. The van der Waals surface area contributed by atoms with E-state index in [1.54, 1.807) is 29.1 Å². The lowest BCUT2D eigenvalue weighted by Gasteiger charge is -1.99. The molecule has 23 heavy (non-hydrogen) atoms. The predicted molar refractivity (Wildman–Crippen MR) is 87.5 cm³/mol. The number of nitrogens with zero attached hydrogens (tertiary/aromatic N) is 6. The molecule has 6 nitrogen and oxygen atoms in total. The van der Waals surface area contributed by atoms with E-state index in [1.165, 1.54) is 0 Å². The molecule has 0 unspecified atom stereocenters. The summed E-state index contributed by atoms with van der Waals surface area (Å²) >= 11 is 0. The van der Waals surface area contributed by atoms with Crippen molar-refractivity contribution in [3.63, 3.8) is 0 Å². The lowest BCUT2D eigenvalue weighted by atomic mass is 10.2. The van der Waals surface area contributed by atoms with E-state index >= 15 is 0 Å². The van der Waals surface area contributed by atoms with Crippen LogP contribution in [0.3, 0.4) is 0 Å². The zero-order chi connectivity index (χ0) is 15.5. The number of pyridine rings is 2. The van der Waals surface area contributed by atoms with Crippen molar-refractivity contribution in [3.05, 3.63) is 73.3 Å². The van der Waals surface area contributed by atoms with E-state index in [0.29, 0.717) is 0 Å². The topological polar surface area (TPSA) is 61.4 Å². The van der Waals surface area contributed by atoms with Crippen LogP contribution in [0.15, 0.2) is 73.3 Å². The number of hydrogen-bond donors (Lipinski definition) is 0. The molecule has 109 valence electrons. The van der Waals surface area contributed by atoms with Crippen LogP contribution in [0.1, 0.15) is 0 Å². The zero-order valence-electron chi connectivity index (χ0n) is 12.2. The Kier molecular flexibility index (Phi) is 3.44. The van der Waals surface area contributed by atoms with Gasteiger partial charge in [-0.2, -0.15) is 10.2 Å². The van der Waals surface area contributed by atoms with Crippen molar-refractivity contribution < 1.29 is 0 Å². The summed E-state index contributed by atoms with van der Waals surface area (Å²) < 4.78 is 3.42. The molecule has 0 bridgehead atoms. The summed E-state index contributed by atoms with van der Waals surface area (Å²) in [5, 5.41) is 8.96. The number of hydrogen-bond acceptors (Lipinski definition) is 4. The van der Waals surface area contributed by atoms with Crippen LogP contribution in [-0.4, -0.2) is 36.9 Å². The Morgan fingerprint density at radius 3 is 1.57 bits per heavy atom. The predicted octanol–water partition coefficient (Wildman–Crippen LogP) is 2.13. The zero-order valence-corrected chi connectivity index (χ0v) is 12.2.